The summed E-state index contributed by atoms with van der Waals surface area (Å²) in [4.78, 5) is 26.7. The van der Waals surface area contributed by atoms with Gasteiger partial charge in [0.05, 0.1) is 0 Å². The zero-order valence-electron chi connectivity index (χ0n) is 15.7. The van der Waals surface area contributed by atoms with E-state index in [4.69, 9.17) is 5.73 Å². The van der Waals surface area contributed by atoms with E-state index in [0.717, 1.165) is 24.0 Å². The number of carbonyl (C=O) groups excluding carboxylic acids is 2. The first kappa shape index (κ1) is 19.1. The maximum absolute atomic E-state index is 12.4. The van der Waals surface area contributed by atoms with Crippen molar-refractivity contribution in [3.8, 4) is 0 Å². The Labute approximate surface area is 160 Å². The smallest absolute Gasteiger partial charge is 0.241 e. The number of amides is 2. The quantitative estimate of drug-likeness (QED) is 0.825. The number of likely N-dealkylation sites (tertiary alicyclic amines) is 1. The van der Waals surface area contributed by atoms with Crippen molar-refractivity contribution in [2.75, 3.05) is 13.1 Å². The van der Waals surface area contributed by atoms with Crippen LogP contribution in [0.1, 0.15) is 35.6 Å². The van der Waals surface area contributed by atoms with Crippen molar-refractivity contribution in [1.29, 1.82) is 0 Å². The van der Waals surface area contributed by atoms with Crippen molar-refractivity contribution in [2.24, 2.45) is 5.73 Å². The number of nitrogens with two attached hydrogens (primary N) is 1. The Morgan fingerprint density at radius 2 is 1.85 bits per heavy atom. The van der Waals surface area contributed by atoms with Gasteiger partial charge in [0.25, 0.3) is 0 Å². The zero-order chi connectivity index (χ0) is 19.2. The predicted molar refractivity (Wildman–Crippen MR) is 106 cm³/mol. The maximum Gasteiger partial charge on any atom is 0.241 e. The molecule has 2 atom stereocenters. The van der Waals surface area contributed by atoms with Crippen LogP contribution in [0.4, 0.5) is 0 Å². The third kappa shape index (κ3) is 5.17. The Morgan fingerprint density at radius 1 is 1.15 bits per heavy atom. The van der Waals surface area contributed by atoms with Gasteiger partial charge in [-0.3, -0.25) is 9.59 Å². The van der Waals surface area contributed by atoms with Crippen LogP contribution in [0.3, 0.4) is 0 Å². The van der Waals surface area contributed by atoms with Gasteiger partial charge < -0.3 is 16.0 Å². The Bertz CT molecular complexity index is 774. The molecule has 1 fully saturated rings. The fourth-order valence-electron chi connectivity index (χ4n) is 3.37. The lowest BCUT2D eigenvalue weighted by Crippen LogP contribution is -2.42. The lowest BCUT2D eigenvalue weighted by atomic mass is 10.0. The molecule has 2 aromatic carbocycles. The summed E-state index contributed by atoms with van der Waals surface area (Å²) >= 11 is 0. The molecule has 0 aromatic heterocycles. The van der Waals surface area contributed by atoms with E-state index < -0.39 is 6.04 Å². The van der Waals surface area contributed by atoms with Gasteiger partial charge in [0.15, 0.2) is 0 Å². The van der Waals surface area contributed by atoms with Crippen molar-refractivity contribution in [2.45, 2.75) is 38.3 Å². The third-order valence-corrected chi connectivity index (χ3v) is 5.08. The first-order valence-corrected chi connectivity index (χ1v) is 9.47. The normalized spacial score (nSPS) is 17.6. The molecule has 2 unspecified atom stereocenters. The molecule has 0 spiro atoms. The van der Waals surface area contributed by atoms with Crippen molar-refractivity contribution in [3.63, 3.8) is 0 Å². The van der Waals surface area contributed by atoms with E-state index in [2.05, 4.69) is 5.32 Å². The largest absolute Gasteiger partial charge is 0.350 e. The molecule has 142 valence electrons. The van der Waals surface area contributed by atoms with Crippen LogP contribution in [0, 0.1) is 6.92 Å². The lowest BCUT2D eigenvalue weighted by molar-refractivity contribution is -0.130. The molecule has 2 amide bonds. The zero-order valence-corrected chi connectivity index (χ0v) is 15.7. The predicted octanol–water partition coefficient (Wildman–Crippen LogP) is 2.34. The number of aryl methyl sites for hydroxylation is 2. The third-order valence-electron chi connectivity index (χ3n) is 5.08. The molecule has 0 radical (unpaired) electrons. The van der Waals surface area contributed by atoms with E-state index in [1.54, 1.807) is 0 Å². The van der Waals surface area contributed by atoms with Gasteiger partial charge in [-0.2, -0.15) is 0 Å². The van der Waals surface area contributed by atoms with E-state index in [0.29, 0.717) is 19.5 Å². The topological polar surface area (TPSA) is 75.4 Å². The summed E-state index contributed by atoms with van der Waals surface area (Å²) in [6.45, 7) is 3.23. The monoisotopic (exact) mass is 365 g/mol. The van der Waals surface area contributed by atoms with Crippen LogP contribution >= 0.6 is 0 Å². The van der Waals surface area contributed by atoms with Crippen molar-refractivity contribution >= 4 is 11.8 Å². The molecule has 5 heteroatoms. The lowest BCUT2D eigenvalue weighted by Gasteiger charge is -2.19. The molecule has 1 heterocycles. The molecule has 1 aliphatic heterocycles. The van der Waals surface area contributed by atoms with Crippen LogP contribution in [0.5, 0.6) is 0 Å². The summed E-state index contributed by atoms with van der Waals surface area (Å²) < 4.78 is 0. The second kappa shape index (κ2) is 8.82. The van der Waals surface area contributed by atoms with Gasteiger partial charge in [0.1, 0.15) is 6.04 Å². The number of carbonyl (C=O) groups is 2. The summed E-state index contributed by atoms with van der Waals surface area (Å²) in [6.07, 6.45) is 2.00. The Balaban J connectivity index is 1.46. The number of benzene rings is 2. The molecule has 1 aliphatic rings. The van der Waals surface area contributed by atoms with Gasteiger partial charge in [-0.1, -0.05) is 60.2 Å². The molecule has 27 heavy (non-hydrogen) atoms. The molecule has 2 aromatic rings. The maximum atomic E-state index is 12.4. The van der Waals surface area contributed by atoms with Crippen molar-refractivity contribution in [1.82, 2.24) is 10.2 Å². The fraction of sp³-hybridized carbons (Fsp3) is 0.364. The Hall–Kier alpha value is -2.66. The number of rotatable bonds is 6. The highest BCUT2D eigenvalue weighted by molar-refractivity contribution is 5.83. The van der Waals surface area contributed by atoms with Crippen molar-refractivity contribution < 1.29 is 9.59 Å². The molecular formula is C22H27N3O2. The van der Waals surface area contributed by atoms with Gasteiger partial charge in [0, 0.05) is 25.6 Å². The van der Waals surface area contributed by atoms with Crippen LogP contribution in [0.25, 0.3) is 0 Å². The minimum atomic E-state index is -0.687. The number of hydrogen-bond acceptors (Lipinski definition) is 3. The number of nitrogens with zero attached hydrogens (tertiary/aromatic N) is 1. The average Bonchev–Trinajstić information content (AvgIpc) is 3.15. The highest BCUT2D eigenvalue weighted by atomic mass is 16.2. The van der Waals surface area contributed by atoms with Crippen LogP contribution in [-0.2, 0) is 16.0 Å². The first-order chi connectivity index (χ1) is 13.0. The standard InChI is InChI=1S/C22H27N3O2/c1-16-7-10-18(11-8-16)21(23)22(27)24-19-13-14-25(15-19)20(26)12-9-17-5-3-2-4-6-17/h2-8,10-11,19,21H,9,12-15,23H2,1H3,(H,24,27). The van der Waals surface area contributed by atoms with Gasteiger partial charge in [-0.05, 0) is 30.9 Å². The second-order valence-corrected chi connectivity index (χ2v) is 7.21. The van der Waals surface area contributed by atoms with E-state index in [1.165, 1.54) is 5.56 Å². The van der Waals surface area contributed by atoms with Crippen LogP contribution in [-0.4, -0.2) is 35.8 Å². The van der Waals surface area contributed by atoms with Crippen molar-refractivity contribution in [3.05, 3.63) is 71.3 Å². The summed E-state index contributed by atoms with van der Waals surface area (Å²) in [5, 5.41) is 2.99. The molecule has 0 saturated carbocycles. The molecular weight excluding hydrogens is 338 g/mol. The van der Waals surface area contributed by atoms with Crippen LogP contribution in [0.15, 0.2) is 54.6 Å². The van der Waals surface area contributed by atoms with E-state index in [-0.39, 0.29) is 17.9 Å². The highest BCUT2D eigenvalue weighted by Crippen LogP contribution is 2.15. The van der Waals surface area contributed by atoms with E-state index in [9.17, 15) is 9.59 Å². The minimum absolute atomic E-state index is 0.0327. The number of nitrogens with one attached hydrogen (secondary N) is 1. The highest BCUT2D eigenvalue weighted by Gasteiger charge is 2.28. The summed E-state index contributed by atoms with van der Waals surface area (Å²) in [5.74, 6) is -0.0547. The van der Waals surface area contributed by atoms with Gasteiger partial charge >= 0.3 is 0 Å². The molecule has 0 bridgehead atoms. The van der Waals surface area contributed by atoms with E-state index >= 15 is 0 Å². The molecule has 5 nitrogen and oxygen atoms in total. The molecule has 0 aliphatic carbocycles. The molecule has 1 saturated heterocycles. The van der Waals surface area contributed by atoms with Crippen LogP contribution in [0.2, 0.25) is 0 Å². The first-order valence-electron chi connectivity index (χ1n) is 9.47. The fourth-order valence-corrected chi connectivity index (χ4v) is 3.37. The van der Waals surface area contributed by atoms with E-state index in [1.807, 2.05) is 66.4 Å². The van der Waals surface area contributed by atoms with Crippen LogP contribution < -0.4 is 11.1 Å². The summed E-state index contributed by atoms with van der Waals surface area (Å²) in [7, 11) is 0. The SMILES string of the molecule is Cc1ccc(C(N)C(=O)NC2CCN(C(=O)CCc3ccccc3)C2)cc1. The van der Waals surface area contributed by atoms with Gasteiger partial charge in [-0.25, -0.2) is 0 Å². The van der Waals surface area contributed by atoms with Gasteiger partial charge in [0.2, 0.25) is 11.8 Å². The second-order valence-electron chi connectivity index (χ2n) is 7.21. The minimum Gasteiger partial charge on any atom is -0.350 e. The van der Waals surface area contributed by atoms with Gasteiger partial charge in [-0.15, -0.1) is 0 Å². The summed E-state index contributed by atoms with van der Waals surface area (Å²) in [5.41, 5.74) is 9.18. The average molecular weight is 365 g/mol. The Kier molecular flexibility index (Phi) is 6.24. The summed E-state index contributed by atoms with van der Waals surface area (Å²) in [6, 6.07) is 17.0. The Morgan fingerprint density at radius 3 is 2.56 bits per heavy atom. The number of hydrogen-bond donors (Lipinski definition) is 2. The molecule has 3 N–H and O–H groups in total. The molecule has 3 rings (SSSR count).